The van der Waals surface area contributed by atoms with Crippen molar-refractivity contribution in [3.63, 3.8) is 0 Å². The van der Waals surface area contributed by atoms with Crippen molar-refractivity contribution in [1.82, 2.24) is 5.01 Å². The first kappa shape index (κ1) is 12.1. The van der Waals surface area contributed by atoms with Crippen LogP contribution in [0.2, 0.25) is 0 Å². The molecule has 1 fully saturated rings. The van der Waals surface area contributed by atoms with Gasteiger partial charge < -0.3 is 0 Å². The molecule has 1 aromatic rings. The average molecular weight is 256 g/mol. The number of imide groups is 1. The van der Waals surface area contributed by atoms with Crippen LogP contribution < -0.4 is 0 Å². The molecule has 1 aliphatic carbocycles. The molecule has 2 aliphatic rings. The van der Waals surface area contributed by atoms with Crippen molar-refractivity contribution in [3.05, 3.63) is 35.4 Å². The van der Waals surface area contributed by atoms with Gasteiger partial charge in [0, 0.05) is 6.21 Å². The summed E-state index contributed by atoms with van der Waals surface area (Å²) in [6, 6.07) is 6.87. The number of nitrogens with zero attached hydrogens (tertiary/aromatic N) is 2. The largest absolute Gasteiger partial charge is 0.282 e. The number of hydrogen-bond acceptors (Lipinski definition) is 3. The lowest BCUT2D eigenvalue weighted by Gasteiger charge is -2.17. The Balaban J connectivity index is 1.78. The van der Waals surface area contributed by atoms with Crippen LogP contribution in [0.25, 0.3) is 0 Å². The van der Waals surface area contributed by atoms with Crippen LogP contribution in [0.3, 0.4) is 0 Å². The second-order valence-electron chi connectivity index (χ2n) is 5.13. The van der Waals surface area contributed by atoms with Gasteiger partial charge in [0.2, 0.25) is 0 Å². The minimum Gasteiger partial charge on any atom is -0.267 e. The summed E-state index contributed by atoms with van der Waals surface area (Å²) in [7, 11) is 0. The molecule has 0 radical (unpaired) electrons. The van der Waals surface area contributed by atoms with Gasteiger partial charge in [0.1, 0.15) is 0 Å². The molecule has 0 atom stereocenters. The van der Waals surface area contributed by atoms with Crippen LogP contribution in [0.5, 0.6) is 0 Å². The van der Waals surface area contributed by atoms with Crippen LogP contribution in [0.4, 0.5) is 0 Å². The van der Waals surface area contributed by atoms with Crippen LogP contribution >= 0.6 is 0 Å². The minimum absolute atomic E-state index is 0.312. The van der Waals surface area contributed by atoms with E-state index in [4.69, 9.17) is 0 Å². The van der Waals surface area contributed by atoms with Gasteiger partial charge in [-0.25, -0.2) is 0 Å². The summed E-state index contributed by atoms with van der Waals surface area (Å²) in [5.74, 6) is -0.224. The summed E-state index contributed by atoms with van der Waals surface area (Å²) >= 11 is 0. The molecule has 0 bridgehead atoms. The third kappa shape index (κ3) is 2.18. The molecule has 4 nitrogen and oxygen atoms in total. The molecule has 1 saturated carbocycles. The predicted molar refractivity (Wildman–Crippen MR) is 72.0 cm³/mol. The lowest BCUT2D eigenvalue weighted by atomic mass is 9.90. The van der Waals surface area contributed by atoms with E-state index in [0.29, 0.717) is 17.0 Å². The molecule has 3 rings (SSSR count). The summed E-state index contributed by atoms with van der Waals surface area (Å²) in [6.45, 7) is 0. The van der Waals surface area contributed by atoms with Crippen LogP contribution in [-0.4, -0.2) is 23.0 Å². The molecule has 19 heavy (non-hydrogen) atoms. The van der Waals surface area contributed by atoms with Gasteiger partial charge in [-0.05, 0) is 30.9 Å². The number of carbonyl (C=O) groups is 2. The van der Waals surface area contributed by atoms with E-state index in [1.165, 1.54) is 19.3 Å². The fourth-order valence-corrected chi connectivity index (χ4v) is 2.73. The first-order chi connectivity index (χ1) is 9.27. The van der Waals surface area contributed by atoms with Crippen LogP contribution in [0.1, 0.15) is 52.8 Å². The highest BCUT2D eigenvalue weighted by atomic mass is 16.2. The van der Waals surface area contributed by atoms with Gasteiger partial charge in [-0.1, -0.05) is 31.4 Å². The van der Waals surface area contributed by atoms with E-state index in [0.717, 1.165) is 17.9 Å². The quantitative estimate of drug-likeness (QED) is 0.603. The van der Waals surface area contributed by atoms with Gasteiger partial charge in [-0.15, -0.1) is 0 Å². The molecule has 1 heterocycles. The Labute approximate surface area is 112 Å². The van der Waals surface area contributed by atoms with Gasteiger partial charge in [0.15, 0.2) is 0 Å². The van der Waals surface area contributed by atoms with Crippen LogP contribution in [-0.2, 0) is 0 Å². The molecule has 1 aromatic carbocycles. The zero-order chi connectivity index (χ0) is 13.2. The molecule has 0 saturated heterocycles. The highest BCUT2D eigenvalue weighted by Crippen LogP contribution is 2.25. The Bertz CT molecular complexity index is 510. The first-order valence-electron chi connectivity index (χ1n) is 6.79. The highest BCUT2D eigenvalue weighted by molar-refractivity contribution is 6.21. The SMILES string of the molecule is O=C1c2ccccc2C(=O)N1/N=C\C1CCCCC1. The Hall–Kier alpha value is -1.97. The summed E-state index contributed by atoms with van der Waals surface area (Å²) in [5.41, 5.74) is 0.904. The lowest BCUT2D eigenvalue weighted by Crippen LogP contribution is -2.25. The maximum atomic E-state index is 12.1. The molecule has 1 aliphatic heterocycles. The molecular formula is C15H16N2O2. The molecular weight excluding hydrogens is 240 g/mol. The van der Waals surface area contributed by atoms with Gasteiger partial charge in [0.05, 0.1) is 11.1 Å². The Morgan fingerprint density at radius 1 is 1.00 bits per heavy atom. The normalized spacial score (nSPS) is 20.3. The zero-order valence-corrected chi connectivity index (χ0v) is 10.7. The summed E-state index contributed by atoms with van der Waals surface area (Å²) in [4.78, 5) is 24.1. The van der Waals surface area contributed by atoms with Gasteiger partial charge >= 0.3 is 0 Å². The molecule has 0 unspecified atom stereocenters. The summed E-state index contributed by atoms with van der Waals surface area (Å²) in [5, 5.41) is 5.13. The van der Waals surface area contributed by atoms with Gasteiger partial charge in [-0.3, -0.25) is 9.59 Å². The molecule has 2 amide bonds. The van der Waals surface area contributed by atoms with Gasteiger partial charge in [-0.2, -0.15) is 10.1 Å². The number of hydrazone groups is 1. The third-order valence-electron chi connectivity index (χ3n) is 3.82. The van der Waals surface area contributed by atoms with E-state index in [-0.39, 0.29) is 11.8 Å². The van der Waals surface area contributed by atoms with E-state index >= 15 is 0 Å². The molecule has 98 valence electrons. The van der Waals surface area contributed by atoms with Crippen LogP contribution in [0, 0.1) is 5.92 Å². The maximum absolute atomic E-state index is 12.1. The van der Waals surface area contributed by atoms with Crippen molar-refractivity contribution in [1.29, 1.82) is 0 Å². The fraction of sp³-hybridized carbons (Fsp3) is 0.400. The maximum Gasteiger partial charge on any atom is 0.282 e. The Morgan fingerprint density at radius 3 is 2.16 bits per heavy atom. The van der Waals surface area contributed by atoms with Crippen molar-refractivity contribution in [2.24, 2.45) is 11.0 Å². The number of hydrogen-bond donors (Lipinski definition) is 0. The smallest absolute Gasteiger partial charge is 0.267 e. The zero-order valence-electron chi connectivity index (χ0n) is 10.7. The summed E-state index contributed by atoms with van der Waals surface area (Å²) in [6.07, 6.45) is 7.68. The Kier molecular flexibility index (Phi) is 3.15. The van der Waals surface area contributed by atoms with E-state index in [2.05, 4.69) is 5.10 Å². The van der Waals surface area contributed by atoms with Crippen molar-refractivity contribution < 1.29 is 9.59 Å². The number of benzene rings is 1. The third-order valence-corrected chi connectivity index (χ3v) is 3.82. The number of rotatable bonds is 2. The molecule has 0 N–H and O–H groups in total. The molecule has 0 aromatic heterocycles. The van der Waals surface area contributed by atoms with Crippen molar-refractivity contribution >= 4 is 18.0 Å². The monoisotopic (exact) mass is 256 g/mol. The average Bonchev–Trinajstić information content (AvgIpc) is 2.71. The van der Waals surface area contributed by atoms with E-state index in [1.54, 1.807) is 30.5 Å². The molecule has 0 spiro atoms. The number of fused-ring (bicyclic) bond motifs is 1. The highest BCUT2D eigenvalue weighted by Gasteiger charge is 2.35. The van der Waals surface area contributed by atoms with Crippen molar-refractivity contribution in [2.75, 3.05) is 0 Å². The number of amides is 2. The standard InChI is InChI=1S/C15H16N2O2/c18-14-12-8-4-5-9-13(12)15(19)17(14)16-10-11-6-2-1-3-7-11/h4-5,8-11H,1-3,6-7H2/b16-10-. The van der Waals surface area contributed by atoms with Crippen molar-refractivity contribution in [2.45, 2.75) is 32.1 Å². The van der Waals surface area contributed by atoms with Gasteiger partial charge in [0.25, 0.3) is 11.8 Å². The minimum atomic E-state index is -0.312. The second kappa shape index (κ2) is 4.96. The van der Waals surface area contributed by atoms with E-state index < -0.39 is 0 Å². The number of carbonyl (C=O) groups excluding carboxylic acids is 2. The summed E-state index contributed by atoms with van der Waals surface area (Å²) < 4.78 is 0. The van der Waals surface area contributed by atoms with E-state index in [1.807, 2.05) is 0 Å². The topological polar surface area (TPSA) is 49.7 Å². The molecule has 4 heteroatoms. The predicted octanol–water partition coefficient (Wildman–Crippen LogP) is 2.85. The Morgan fingerprint density at radius 2 is 1.58 bits per heavy atom. The van der Waals surface area contributed by atoms with Crippen molar-refractivity contribution in [3.8, 4) is 0 Å². The second-order valence-corrected chi connectivity index (χ2v) is 5.13. The first-order valence-corrected chi connectivity index (χ1v) is 6.79. The van der Waals surface area contributed by atoms with E-state index in [9.17, 15) is 9.59 Å². The lowest BCUT2D eigenvalue weighted by molar-refractivity contribution is 0.0659. The van der Waals surface area contributed by atoms with Crippen LogP contribution in [0.15, 0.2) is 29.4 Å². The fourth-order valence-electron chi connectivity index (χ4n) is 2.73.